The Morgan fingerprint density at radius 1 is 1.42 bits per heavy atom. The van der Waals surface area contributed by atoms with Gasteiger partial charge in [-0.15, -0.1) is 0 Å². The van der Waals surface area contributed by atoms with Crippen LogP contribution in [0.15, 0.2) is 18.2 Å². The van der Waals surface area contributed by atoms with Crippen molar-refractivity contribution >= 4 is 28.9 Å². The number of anilines is 1. The Labute approximate surface area is 192 Å². The smallest absolute Gasteiger partial charge is 0.234 e. The molecule has 1 aromatic rings. The van der Waals surface area contributed by atoms with E-state index >= 15 is 0 Å². The fraction of sp³-hybridized carbons (Fsp3) is 0.640. The van der Waals surface area contributed by atoms with E-state index in [9.17, 15) is 10.1 Å². The maximum absolute atomic E-state index is 14.0. The fourth-order valence-electron chi connectivity index (χ4n) is 5.05. The molecule has 1 fully saturated rings. The molecule has 2 rings (SSSR count). The minimum Gasteiger partial charge on any atom is -0.388 e. The van der Waals surface area contributed by atoms with Gasteiger partial charge in [-0.3, -0.25) is 4.79 Å². The van der Waals surface area contributed by atoms with Crippen LogP contribution in [-0.2, 0) is 4.79 Å². The summed E-state index contributed by atoms with van der Waals surface area (Å²) in [5, 5.41) is 22.4. The number of carbonyl (C=O) groups excluding carboxylic acids is 1. The molecule has 0 heterocycles. The normalized spacial score (nSPS) is 23.9. The molecule has 3 atom stereocenters. The lowest BCUT2D eigenvalue weighted by atomic mass is 9.66. The van der Waals surface area contributed by atoms with Crippen LogP contribution in [0.25, 0.3) is 0 Å². The molecule has 3 unspecified atom stereocenters. The van der Waals surface area contributed by atoms with E-state index in [0.717, 1.165) is 24.9 Å². The van der Waals surface area contributed by atoms with E-state index in [1.165, 1.54) is 0 Å². The lowest BCUT2D eigenvalue weighted by Crippen LogP contribution is -2.55. The van der Waals surface area contributed by atoms with E-state index in [2.05, 4.69) is 25.2 Å². The molecular formula is C25H37ClN4O. The summed E-state index contributed by atoms with van der Waals surface area (Å²) in [6.07, 6.45) is 3.23. The third-order valence-electron chi connectivity index (χ3n) is 6.83. The van der Waals surface area contributed by atoms with Crippen LogP contribution in [0.1, 0.15) is 72.8 Å². The van der Waals surface area contributed by atoms with Crippen molar-refractivity contribution in [2.75, 3.05) is 12.4 Å². The number of nitrogens with one attached hydrogen (secondary N) is 2. The lowest BCUT2D eigenvalue weighted by molar-refractivity contribution is -0.143. The predicted octanol–water partition coefficient (Wildman–Crippen LogP) is 6.12. The Bertz CT molecular complexity index is 873. The van der Waals surface area contributed by atoms with E-state index in [1.807, 2.05) is 30.9 Å². The summed E-state index contributed by atoms with van der Waals surface area (Å²) >= 11 is 6.46. The van der Waals surface area contributed by atoms with Crippen molar-refractivity contribution in [3.8, 4) is 6.07 Å². The number of carbonyl (C=O) groups is 1. The number of nitrogens with zero attached hydrogens (tertiary/aromatic N) is 2. The number of hydrogen-bond donors (Lipinski definition) is 2. The Kier molecular flexibility index (Phi) is 7.81. The summed E-state index contributed by atoms with van der Waals surface area (Å²) in [7, 11) is 1.79. The van der Waals surface area contributed by atoms with Crippen molar-refractivity contribution in [3.63, 3.8) is 0 Å². The minimum absolute atomic E-state index is 0.0158. The number of halogens is 1. The van der Waals surface area contributed by atoms with Crippen LogP contribution in [0.5, 0.6) is 0 Å². The monoisotopic (exact) mass is 444 g/mol. The molecule has 1 amide bonds. The van der Waals surface area contributed by atoms with Crippen molar-refractivity contribution < 1.29 is 4.79 Å². The van der Waals surface area contributed by atoms with Gasteiger partial charge in [0, 0.05) is 30.4 Å². The Morgan fingerprint density at radius 3 is 2.58 bits per heavy atom. The zero-order valence-electron chi connectivity index (χ0n) is 20.0. The van der Waals surface area contributed by atoms with E-state index in [1.54, 1.807) is 27.0 Å². The summed E-state index contributed by atoms with van der Waals surface area (Å²) < 4.78 is 0. The van der Waals surface area contributed by atoms with Crippen molar-refractivity contribution in [1.29, 1.82) is 10.7 Å². The average Bonchev–Trinajstić information content (AvgIpc) is 2.72. The van der Waals surface area contributed by atoms with Crippen LogP contribution in [-0.4, -0.2) is 35.7 Å². The molecule has 5 nitrogen and oxygen atoms in total. The van der Waals surface area contributed by atoms with E-state index in [4.69, 9.17) is 17.0 Å². The predicted molar refractivity (Wildman–Crippen MR) is 129 cm³/mol. The van der Waals surface area contributed by atoms with Gasteiger partial charge in [0.05, 0.1) is 27.6 Å². The maximum atomic E-state index is 14.0. The first-order valence-electron chi connectivity index (χ1n) is 11.2. The zero-order valence-corrected chi connectivity index (χ0v) is 20.7. The quantitative estimate of drug-likeness (QED) is 0.497. The number of benzene rings is 1. The first-order chi connectivity index (χ1) is 14.4. The first kappa shape index (κ1) is 25.2. The maximum Gasteiger partial charge on any atom is 0.234 e. The zero-order chi connectivity index (χ0) is 23.6. The van der Waals surface area contributed by atoms with Crippen LogP contribution in [0, 0.1) is 33.5 Å². The second-order valence-corrected chi connectivity index (χ2v) is 10.3. The van der Waals surface area contributed by atoms with Gasteiger partial charge in [0.2, 0.25) is 5.91 Å². The topological polar surface area (TPSA) is 80.0 Å². The minimum atomic E-state index is -1.07. The molecule has 0 spiro atoms. The van der Waals surface area contributed by atoms with Gasteiger partial charge in [-0.2, -0.15) is 5.26 Å². The molecule has 0 saturated heterocycles. The molecule has 1 aliphatic rings. The molecule has 0 radical (unpaired) electrons. The highest BCUT2D eigenvalue weighted by Gasteiger charge is 2.46. The van der Waals surface area contributed by atoms with Gasteiger partial charge in [0.25, 0.3) is 0 Å². The van der Waals surface area contributed by atoms with Gasteiger partial charge in [0.1, 0.15) is 0 Å². The molecule has 6 heteroatoms. The van der Waals surface area contributed by atoms with Crippen molar-refractivity contribution in [2.24, 2.45) is 16.7 Å². The van der Waals surface area contributed by atoms with Crippen LogP contribution in [0.3, 0.4) is 0 Å². The number of nitriles is 1. The molecule has 1 saturated carbocycles. The van der Waals surface area contributed by atoms with Crippen molar-refractivity contribution in [3.05, 3.63) is 28.8 Å². The second kappa shape index (κ2) is 9.61. The van der Waals surface area contributed by atoms with E-state index in [-0.39, 0.29) is 23.7 Å². The van der Waals surface area contributed by atoms with Gasteiger partial charge in [-0.25, -0.2) is 0 Å². The molecule has 31 heavy (non-hydrogen) atoms. The molecule has 0 bridgehead atoms. The van der Waals surface area contributed by atoms with Crippen LogP contribution in [0.4, 0.5) is 5.69 Å². The largest absolute Gasteiger partial charge is 0.388 e. The van der Waals surface area contributed by atoms with Crippen LogP contribution >= 0.6 is 11.6 Å². The molecule has 1 aliphatic carbocycles. The highest BCUT2D eigenvalue weighted by Crippen LogP contribution is 2.44. The number of rotatable bonds is 7. The highest BCUT2D eigenvalue weighted by molar-refractivity contribution is 6.36. The highest BCUT2D eigenvalue weighted by atomic mass is 35.5. The standard InChI is InChI=1S/C25H37ClN4O/c1-8-25(15-27)13-17(4)12-18(14-25)30(16(2)3)23(31)24(5,6)22(28)21-19(26)10-9-11-20(21)29-7/h9-11,16-18,28-29H,8,12-14H2,1-7H3. The molecule has 0 aliphatic heterocycles. The van der Waals surface area contributed by atoms with Gasteiger partial charge >= 0.3 is 0 Å². The fourth-order valence-corrected chi connectivity index (χ4v) is 5.32. The van der Waals surface area contributed by atoms with E-state index in [0.29, 0.717) is 22.9 Å². The van der Waals surface area contributed by atoms with Gasteiger partial charge in [-0.05, 0) is 71.4 Å². The Balaban J connectivity index is 2.45. The summed E-state index contributed by atoms with van der Waals surface area (Å²) in [6, 6.07) is 7.96. The second-order valence-electron chi connectivity index (χ2n) is 9.87. The summed E-state index contributed by atoms with van der Waals surface area (Å²) in [5.74, 6) is 0.283. The SMILES string of the molecule is CCC1(C#N)CC(C)CC(N(C(=O)C(C)(C)C(=N)c2c(Cl)cccc2NC)C(C)C)C1. The van der Waals surface area contributed by atoms with Crippen LogP contribution in [0.2, 0.25) is 5.02 Å². The van der Waals surface area contributed by atoms with E-state index < -0.39 is 10.8 Å². The molecule has 1 aromatic carbocycles. The summed E-state index contributed by atoms with van der Waals surface area (Å²) in [5.41, 5.74) is 0.0308. The van der Waals surface area contributed by atoms with Crippen molar-refractivity contribution in [1.82, 2.24) is 4.90 Å². The van der Waals surface area contributed by atoms with Crippen LogP contribution < -0.4 is 5.32 Å². The van der Waals surface area contributed by atoms with Crippen molar-refractivity contribution in [2.45, 2.75) is 79.3 Å². The molecule has 170 valence electrons. The third-order valence-corrected chi connectivity index (χ3v) is 7.15. The molecule has 0 aromatic heterocycles. The number of amides is 1. The van der Waals surface area contributed by atoms with Gasteiger partial charge in [0.15, 0.2) is 0 Å². The number of hydrogen-bond acceptors (Lipinski definition) is 4. The Hall–Kier alpha value is -2.06. The van der Waals surface area contributed by atoms with Gasteiger partial charge < -0.3 is 15.6 Å². The third kappa shape index (κ3) is 4.90. The lowest BCUT2D eigenvalue weighted by Gasteiger charge is -2.47. The first-order valence-corrected chi connectivity index (χ1v) is 11.6. The van der Waals surface area contributed by atoms with Gasteiger partial charge in [-0.1, -0.05) is 31.5 Å². The summed E-state index contributed by atoms with van der Waals surface area (Å²) in [6.45, 7) is 11.9. The average molecular weight is 445 g/mol. The molecule has 2 N–H and O–H groups in total. The molecular weight excluding hydrogens is 408 g/mol. The summed E-state index contributed by atoms with van der Waals surface area (Å²) in [4.78, 5) is 15.9. The Morgan fingerprint density at radius 2 is 2.06 bits per heavy atom.